The Hall–Kier alpha value is -3.00. The van der Waals surface area contributed by atoms with Gasteiger partial charge in [0.15, 0.2) is 11.6 Å². The van der Waals surface area contributed by atoms with E-state index in [0.717, 1.165) is 0 Å². The molecule has 9 heteroatoms. The van der Waals surface area contributed by atoms with Crippen LogP contribution in [0.25, 0.3) is 11.2 Å². The largest absolute Gasteiger partial charge is 0.511 e. The lowest BCUT2D eigenvalue weighted by atomic mass is 9.97. The van der Waals surface area contributed by atoms with Crippen LogP contribution in [0.15, 0.2) is 36.2 Å². The Bertz CT molecular complexity index is 1120. The van der Waals surface area contributed by atoms with Gasteiger partial charge in [-0.05, 0) is 12.5 Å². The number of allylic oxidation sites excluding steroid dienone is 1. The fraction of sp³-hybridized carbons (Fsp3) is 0.111. The van der Waals surface area contributed by atoms with Crippen LogP contribution in [-0.2, 0) is 11.2 Å². The minimum absolute atomic E-state index is 0.153. The van der Waals surface area contributed by atoms with Gasteiger partial charge in [0, 0.05) is 35.8 Å². The van der Waals surface area contributed by atoms with Crippen molar-refractivity contribution in [3.05, 3.63) is 70.1 Å². The summed E-state index contributed by atoms with van der Waals surface area (Å²) >= 11 is 5.96. The lowest BCUT2D eigenvalue weighted by Gasteiger charge is -2.16. The summed E-state index contributed by atoms with van der Waals surface area (Å²) in [7, 11) is 0. The molecule has 3 aromatic rings. The molecular weight excluding hydrogens is 383 g/mol. The molecule has 0 bridgehead atoms. The number of anilines is 1. The smallest absolute Gasteiger partial charge is 0.261 e. The number of nitrogens with zero attached hydrogens (tertiary/aromatic N) is 2. The van der Waals surface area contributed by atoms with Crippen LogP contribution < -0.4 is 5.32 Å². The van der Waals surface area contributed by atoms with Gasteiger partial charge in [-0.25, -0.2) is 18.2 Å². The number of aliphatic hydroxyl groups is 1. The maximum atomic E-state index is 13.8. The summed E-state index contributed by atoms with van der Waals surface area (Å²) in [6, 6.07) is 4.14. The van der Waals surface area contributed by atoms with Crippen LogP contribution in [0.2, 0.25) is 5.02 Å². The van der Waals surface area contributed by atoms with E-state index >= 15 is 0 Å². The first-order valence-electron chi connectivity index (χ1n) is 7.90. The van der Waals surface area contributed by atoms with Crippen molar-refractivity contribution in [2.45, 2.75) is 12.8 Å². The normalized spacial score (nSPS) is 13.8. The molecule has 5 nitrogen and oxygen atoms in total. The third kappa shape index (κ3) is 2.91. The highest BCUT2D eigenvalue weighted by molar-refractivity contribution is 6.31. The zero-order valence-electron chi connectivity index (χ0n) is 13.6. The Kier molecular flexibility index (Phi) is 4.07. The van der Waals surface area contributed by atoms with Gasteiger partial charge in [0.05, 0.1) is 5.69 Å². The summed E-state index contributed by atoms with van der Waals surface area (Å²) in [5, 5.41) is 12.7. The van der Waals surface area contributed by atoms with Gasteiger partial charge >= 0.3 is 0 Å². The maximum absolute atomic E-state index is 13.8. The van der Waals surface area contributed by atoms with Crippen LogP contribution >= 0.6 is 11.6 Å². The predicted molar refractivity (Wildman–Crippen MR) is 93.0 cm³/mol. The van der Waals surface area contributed by atoms with Gasteiger partial charge in [-0.15, -0.1) is 0 Å². The van der Waals surface area contributed by atoms with E-state index in [4.69, 9.17) is 11.6 Å². The van der Waals surface area contributed by atoms with Gasteiger partial charge in [0.25, 0.3) is 5.91 Å². The van der Waals surface area contributed by atoms with E-state index in [1.54, 1.807) is 22.7 Å². The van der Waals surface area contributed by atoms with Crippen LogP contribution in [0.1, 0.15) is 17.8 Å². The molecule has 0 atom stereocenters. The highest BCUT2D eigenvalue weighted by Gasteiger charge is 2.30. The van der Waals surface area contributed by atoms with Gasteiger partial charge < -0.3 is 14.8 Å². The number of amides is 1. The first kappa shape index (κ1) is 17.4. The Morgan fingerprint density at radius 2 is 1.89 bits per heavy atom. The Labute approximate surface area is 155 Å². The Morgan fingerprint density at radius 3 is 2.59 bits per heavy atom. The molecule has 0 saturated heterocycles. The summed E-state index contributed by atoms with van der Waals surface area (Å²) in [5.41, 5.74) is 0.317. The molecule has 2 aromatic heterocycles. The fourth-order valence-corrected chi connectivity index (χ4v) is 3.24. The molecule has 1 aliphatic rings. The van der Waals surface area contributed by atoms with E-state index in [1.165, 1.54) is 0 Å². The van der Waals surface area contributed by atoms with Gasteiger partial charge in [-0.2, -0.15) is 0 Å². The number of rotatable bonds is 2. The number of carbonyl (C=O) groups is 1. The molecule has 0 fully saturated rings. The summed E-state index contributed by atoms with van der Waals surface area (Å²) in [4.78, 5) is 17.0. The first-order valence-corrected chi connectivity index (χ1v) is 8.28. The van der Waals surface area contributed by atoms with Gasteiger partial charge in [0.2, 0.25) is 0 Å². The molecule has 1 amide bonds. The number of benzene rings is 1. The molecule has 2 heterocycles. The monoisotopic (exact) mass is 393 g/mol. The van der Waals surface area contributed by atoms with E-state index < -0.39 is 29.0 Å². The molecule has 0 spiro atoms. The average Bonchev–Trinajstić information content (AvgIpc) is 2.94. The standard InChI is InChI=1S/C18H11ClF3N3O2/c19-8-3-4-25-12-1-2-13(26)15(17(12)23-14(25)5-8)18(27)24-16-10(21)6-9(20)7-11(16)22/h3-7,26H,1-2H2,(H,24,27). The second kappa shape index (κ2) is 6.31. The van der Waals surface area contributed by atoms with Gasteiger partial charge in [-0.3, -0.25) is 4.79 Å². The topological polar surface area (TPSA) is 66.6 Å². The number of pyridine rings is 1. The number of imidazole rings is 1. The van der Waals surface area contributed by atoms with Crippen molar-refractivity contribution in [1.82, 2.24) is 9.38 Å². The number of fused-ring (bicyclic) bond motifs is 3. The molecule has 1 aliphatic carbocycles. The molecular formula is C18H11ClF3N3O2. The van der Waals surface area contributed by atoms with E-state index in [2.05, 4.69) is 10.3 Å². The van der Waals surface area contributed by atoms with Crippen molar-refractivity contribution in [3.8, 4) is 0 Å². The highest BCUT2D eigenvalue weighted by Crippen LogP contribution is 2.32. The molecule has 0 aliphatic heterocycles. The van der Waals surface area contributed by atoms with Crippen LogP contribution in [0.4, 0.5) is 18.9 Å². The molecule has 0 saturated carbocycles. The van der Waals surface area contributed by atoms with E-state index in [9.17, 15) is 23.1 Å². The van der Waals surface area contributed by atoms with Gasteiger partial charge in [-0.1, -0.05) is 11.6 Å². The van der Waals surface area contributed by atoms with Crippen molar-refractivity contribution < 1.29 is 23.1 Å². The quantitative estimate of drug-likeness (QED) is 0.683. The SMILES string of the molecule is O=C(Nc1c(F)cc(F)cc1F)C1=C(O)CCc2c1nc1cc(Cl)ccn21. The number of hydrogen-bond acceptors (Lipinski definition) is 3. The summed E-state index contributed by atoms with van der Waals surface area (Å²) in [5.74, 6) is -4.84. The average molecular weight is 394 g/mol. The minimum atomic E-state index is -1.27. The molecule has 138 valence electrons. The number of carbonyl (C=O) groups excluding carboxylic acids is 1. The number of halogens is 4. The molecule has 0 unspecified atom stereocenters. The Morgan fingerprint density at radius 1 is 1.19 bits per heavy atom. The van der Waals surface area contributed by atoms with Crippen molar-refractivity contribution in [1.29, 1.82) is 0 Å². The second-order valence-corrected chi connectivity index (χ2v) is 6.44. The van der Waals surface area contributed by atoms with Crippen LogP contribution in [0.5, 0.6) is 0 Å². The third-order valence-corrected chi connectivity index (χ3v) is 4.52. The van der Waals surface area contributed by atoms with E-state index in [1.807, 2.05) is 0 Å². The maximum Gasteiger partial charge on any atom is 0.261 e. The van der Waals surface area contributed by atoms with E-state index in [-0.39, 0.29) is 23.4 Å². The summed E-state index contributed by atoms with van der Waals surface area (Å²) in [6.45, 7) is 0. The number of nitrogens with one attached hydrogen (secondary N) is 1. The zero-order valence-corrected chi connectivity index (χ0v) is 14.3. The first-order chi connectivity index (χ1) is 12.8. The fourth-order valence-electron chi connectivity index (χ4n) is 3.08. The van der Waals surface area contributed by atoms with Gasteiger partial charge in [0.1, 0.15) is 34.2 Å². The lowest BCUT2D eigenvalue weighted by molar-refractivity contribution is -0.111. The number of aryl methyl sites for hydroxylation is 1. The summed E-state index contributed by atoms with van der Waals surface area (Å²) in [6.07, 6.45) is 2.25. The third-order valence-electron chi connectivity index (χ3n) is 4.28. The summed E-state index contributed by atoms with van der Waals surface area (Å²) < 4.78 is 42.4. The molecule has 0 radical (unpaired) electrons. The van der Waals surface area contributed by atoms with Crippen molar-refractivity contribution in [2.75, 3.05) is 5.32 Å². The second-order valence-electron chi connectivity index (χ2n) is 6.00. The molecule has 27 heavy (non-hydrogen) atoms. The Balaban J connectivity index is 1.78. The van der Waals surface area contributed by atoms with E-state index in [0.29, 0.717) is 34.9 Å². The van der Waals surface area contributed by atoms with Crippen LogP contribution in [0, 0.1) is 17.5 Å². The van der Waals surface area contributed by atoms with Crippen molar-refractivity contribution in [2.24, 2.45) is 0 Å². The molecule has 4 rings (SSSR count). The highest BCUT2D eigenvalue weighted by atomic mass is 35.5. The molecule has 2 N–H and O–H groups in total. The van der Waals surface area contributed by atoms with Crippen LogP contribution in [-0.4, -0.2) is 20.4 Å². The van der Waals surface area contributed by atoms with Crippen molar-refractivity contribution >= 4 is 34.4 Å². The zero-order chi connectivity index (χ0) is 19.3. The molecule has 1 aromatic carbocycles. The minimum Gasteiger partial charge on any atom is -0.511 e. The predicted octanol–water partition coefficient (Wildman–Crippen LogP) is 4.26. The van der Waals surface area contributed by atoms with Crippen LogP contribution in [0.3, 0.4) is 0 Å². The number of aliphatic hydroxyl groups excluding tert-OH is 1. The number of hydrogen-bond donors (Lipinski definition) is 2. The lowest BCUT2D eigenvalue weighted by Crippen LogP contribution is -2.21. The number of aromatic nitrogens is 2. The van der Waals surface area contributed by atoms with Crippen molar-refractivity contribution in [3.63, 3.8) is 0 Å².